The second-order valence-corrected chi connectivity index (χ2v) is 4.25. The van der Waals surface area contributed by atoms with Crippen LogP contribution in [0.4, 0.5) is 5.69 Å². The van der Waals surface area contributed by atoms with Gasteiger partial charge in [-0.2, -0.15) is 0 Å². The molecule has 2 rings (SSSR count). The first kappa shape index (κ1) is 11.4. The Hall–Kier alpha value is -1.06. The topological polar surface area (TPSA) is 44.5 Å². The second-order valence-electron chi connectivity index (χ2n) is 4.25. The summed E-state index contributed by atoms with van der Waals surface area (Å²) in [6, 6.07) is 7.80. The zero-order valence-corrected chi connectivity index (χ0v) is 9.52. The molecule has 1 aliphatic heterocycles. The van der Waals surface area contributed by atoms with Gasteiger partial charge in [-0.1, -0.05) is 12.1 Å². The molecule has 1 atom stereocenters. The molecule has 3 heteroatoms. The predicted molar refractivity (Wildman–Crippen MR) is 64.1 cm³/mol. The van der Waals surface area contributed by atoms with Crippen molar-refractivity contribution >= 4 is 5.69 Å². The van der Waals surface area contributed by atoms with E-state index in [0.717, 1.165) is 24.3 Å². The van der Waals surface area contributed by atoms with Gasteiger partial charge in [0, 0.05) is 12.3 Å². The monoisotopic (exact) mass is 221 g/mol. The summed E-state index contributed by atoms with van der Waals surface area (Å²) in [7, 11) is 0. The predicted octanol–water partition coefficient (Wildman–Crippen LogP) is 2.35. The quantitative estimate of drug-likeness (QED) is 0.794. The number of anilines is 1. The molecule has 1 fully saturated rings. The molecular weight excluding hydrogens is 202 g/mol. The van der Waals surface area contributed by atoms with Crippen LogP contribution in [0.2, 0.25) is 0 Å². The molecule has 0 aliphatic carbocycles. The summed E-state index contributed by atoms with van der Waals surface area (Å²) in [6.45, 7) is 2.19. The Balaban J connectivity index is 1.71. The molecule has 0 radical (unpaired) electrons. The Labute approximate surface area is 96.5 Å². The van der Waals surface area contributed by atoms with E-state index in [0.29, 0.717) is 13.2 Å². The number of nitrogen functional groups attached to an aromatic ring is 1. The van der Waals surface area contributed by atoms with E-state index in [-0.39, 0.29) is 6.10 Å². The minimum Gasteiger partial charge on any atom is -0.399 e. The third-order valence-corrected chi connectivity index (χ3v) is 2.80. The smallest absolute Gasteiger partial charge is 0.0808 e. The van der Waals surface area contributed by atoms with E-state index in [9.17, 15) is 0 Å². The third-order valence-electron chi connectivity index (χ3n) is 2.80. The molecule has 0 spiro atoms. The van der Waals surface area contributed by atoms with Crippen LogP contribution in [-0.4, -0.2) is 19.3 Å². The first-order valence-electron chi connectivity index (χ1n) is 5.88. The van der Waals surface area contributed by atoms with Crippen LogP contribution >= 0.6 is 0 Å². The zero-order valence-electron chi connectivity index (χ0n) is 9.52. The van der Waals surface area contributed by atoms with Gasteiger partial charge in [0.25, 0.3) is 0 Å². The van der Waals surface area contributed by atoms with Gasteiger partial charge in [-0.05, 0) is 37.0 Å². The maximum Gasteiger partial charge on any atom is 0.0808 e. The molecule has 3 nitrogen and oxygen atoms in total. The Morgan fingerprint density at radius 3 is 3.06 bits per heavy atom. The van der Waals surface area contributed by atoms with Crippen LogP contribution in [0.1, 0.15) is 24.8 Å². The maximum absolute atomic E-state index is 5.69. The highest BCUT2D eigenvalue weighted by Crippen LogP contribution is 2.14. The molecule has 0 aromatic heterocycles. The fourth-order valence-corrected chi connectivity index (χ4v) is 1.93. The summed E-state index contributed by atoms with van der Waals surface area (Å²) in [5.74, 6) is 0. The molecule has 0 bridgehead atoms. The van der Waals surface area contributed by atoms with Gasteiger partial charge in [0.1, 0.15) is 0 Å². The molecule has 16 heavy (non-hydrogen) atoms. The first-order chi connectivity index (χ1) is 7.84. The Bertz CT molecular complexity index is 321. The minimum atomic E-state index is 0.287. The van der Waals surface area contributed by atoms with Gasteiger partial charge >= 0.3 is 0 Å². The normalized spacial score (nSPS) is 20.9. The number of benzene rings is 1. The van der Waals surface area contributed by atoms with Crippen LogP contribution < -0.4 is 5.73 Å². The van der Waals surface area contributed by atoms with Gasteiger partial charge in [-0.3, -0.25) is 0 Å². The van der Waals surface area contributed by atoms with Gasteiger partial charge in [0.2, 0.25) is 0 Å². The standard InChI is InChI=1S/C13H19NO2/c14-12-5-3-4-11(8-12)9-15-10-13-6-1-2-7-16-13/h3-5,8,13H,1-2,6-7,9-10,14H2/t13-/m1/s1. The van der Waals surface area contributed by atoms with Crippen LogP contribution in [-0.2, 0) is 16.1 Å². The van der Waals surface area contributed by atoms with Crippen molar-refractivity contribution in [1.29, 1.82) is 0 Å². The lowest BCUT2D eigenvalue weighted by Crippen LogP contribution is -2.24. The van der Waals surface area contributed by atoms with E-state index in [4.69, 9.17) is 15.2 Å². The van der Waals surface area contributed by atoms with E-state index in [2.05, 4.69) is 0 Å². The second kappa shape index (κ2) is 5.87. The average Bonchev–Trinajstić information content (AvgIpc) is 2.30. The Kier molecular flexibility index (Phi) is 4.19. The van der Waals surface area contributed by atoms with Crippen molar-refractivity contribution in [3.05, 3.63) is 29.8 Å². The lowest BCUT2D eigenvalue weighted by atomic mass is 10.1. The molecule has 1 aromatic carbocycles. The van der Waals surface area contributed by atoms with Gasteiger partial charge in [-0.15, -0.1) is 0 Å². The van der Waals surface area contributed by atoms with Crippen LogP contribution in [0, 0.1) is 0 Å². The molecule has 0 amide bonds. The summed E-state index contributed by atoms with van der Waals surface area (Å²) >= 11 is 0. The largest absolute Gasteiger partial charge is 0.399 e. The summed E-state index contributed by atoms with van der Waals surface area (Å²) in [4.78, 5) is 0. The highest BCUT2D eigenvalue weighted by atomic mass is 16.5. The maximum atomic E-state index is 5.69. The van der Waals surface area contributed by atoms with Crippen molar-refractivity contribution < 1.29 is 9.47 Å². The minimum absolute atomic E-state index is 0.287. The fraction of sp³-hybridized carbons (Fsp3) is 0.538. The lowest BCUT2D eigenvalue weighted by Gasteiger charge is -2.22. The number of rotatable bonds is 4. The van der Waals surface area contributed by atoms with Crippen molar-refractivity contribution in [1.82, 2.24) is 0 Å². The SMILES string of the molecule is Nc1cccc(COC[C@H]2CCCCO2)c1. The number of hydrogen-bond acceptors (Lipinski definition) is 3. The van der Waals surface area contributed by atoms with Crippen LogP contribution in [0.15, 0.2) is 24.3 Å². The van der Waals surface area contributed by atoms with Gasteiger partial charge in [0.05, 0.1) is 19.3 Å². The number of nitrogens with two attached hydrogens (primary N) is 1. The highest BCUT2D eigenvalue weighted by molar-refractivity contribution is 5.40. The van der Waals surface area contributed by atoms with Crippen molar-refractivity contribution in [2.24, 2.45) is 0 Å². The third kappa shape index (κ3) is 3.51. The molecule has 88 valence electrons. The number of hydrogen-bond donors (Lipinski definition) is 1. The Morgan fingerprint density at radius 2 is 2.31 bits per heavy atom. The summed E-state index contributed by atoms with van der Waals surface area (Å²) in [5, 5.41) is 0. The van der Waals surface area contributed by atoms with Crippen LogP contribution in [0.25, 0.3) is 0 Å². The summed E-state index contributed by atoms with van der Waals surface area (Å²) in [6.07, 6.45) is 3.85. The molecule has 1 heterocycles. The van der Waals surface area contributed by atoms with Gasteiger partial charge < -0.3 is 15.2 Å². The molecular formula is C13H19NO2. The van der Waals surface area contributed by atoms with E-state index < -0.39 is 0 Å². The van der Waals surface area contributed by atoms with E-state index in [1.54, 1.807) is 0 Å². The Morgan fingerprint density at radius 1 is 1.38 bits per heavy atom. The summed E-state index contributed by atoms with van der Waals surface area (Å²) < 4.78 is 11.2. The van der Waals surface area contributed by atoms with Crippen LogP contribution in [0.3, 0.4) is 0 Å². The summed E-state index contributed by atoms with van der Waals surface area (Å²) in [5.41, 5.74) is 7.60. The van der Waals surface area contributed by atoms with Crippen molar-refractivity contribution in [3.63, 3.8) is 0 Å². The molecule has 2 N–H and O–H groups in total. The van der Waals surface area contributed by atoms with Gasteiger partial charge in [0.15, 0.2) is 0 Å². The molecule has 1 saturated heterocycles. The molecule has 0 saturated carbocycles. The van der Waals surface area contributed by atoms with E-state index in [1.165, 1.54) is 12.8 Å². The zero-order chi connectivity index (χ0) is 11.2. The van der Waals surface area contributed by atoms with E-state index >= 15 is 0 Å². The molecule has 1 aromatic rings. The first-order valence-corrected chi connectivity index (χ1v) is 5.88. The van der Waals surface area contributed by atoms with Gasteiger partial charge in [-0.25, -0.2) is 0 Å². The fourth-order valence-electron chi connectivity index (χ4n) is 1.93. The molecule has 0 unspecified atom stereocenters. The van der Waals surface area contributed by atoms with Crippen molar-refractivity contribution in [2.45, 2.75) is 32.0 Å². The lowest BCUT2D eigenvalue weighted by molar-refractivity contribution is -0.0447. The van der Waals surface area contributed by atoms with E-state index in [1.807, 2.05) is 24.3 Å². The highest BCUT2D eigenvalue weighted by Gasteiger charge is 2.13. The van der Waals surface area contributed by atoms with Crippen LogP contribution in [0.5, 0.6) is 0 Å². The number of ether oxygens (including phenoxy) is 2. The molecule has 1 aliphatic rings. The van der Waals surface area contributed by atoms with Crippen molar-refractivity contribution in [3.8, 4) is 0 Å². The average molecular weight is 221 g/mol. The van der Waals surface area contributed by atoms with Crippen molar-refractivity contribution in [2.75, 3.05) is 18.9 Å².